The van der Waals surface area contributed by atoms with Gasteiger partial charge in [0.15, 0.2) is 0 Å². The molecule has 6 heteroatoms. The number of alkyl halides is 4. The van der Waals surface area contributed by atoms with Gasteiger partial charge in [0, 0.05) is 11.7 Å². The lowest BCUT2D eigenvalue weighted by molar-refractivity contribution is -0.137. The topological polar surface area (TPSA) is 24.1 Å². The van der Waals surface area contributed by atoms with Crippen LogP contribution in [-0.4, -0.2) is 19.1 Å². The fourth-order valence-electron chi connectivity index (χ4n) is 2.46. The summed E-state index contributed by atoms with van der Waals surface area (Å²) in [5, 5.41) is 6.11. The molecule has 1 aliphatic rings. The van der Waals surface area contributed by atoms with Crippen molar-refractivity contribution in [3.05, 3.63) is 29.3 Å². The Morgan fingerprint density at radius 3 is 2.24 bits per heavy atom. The number of nitrogens with one attached hydrogen (secondary N) is 2. The maximum absolute atomic E-state index is 13.9. The summed E-state index contributed by atoms with van der Waals surface area (Å²) in [6.07, 6.45) is -2.96. The van der Waals surface area contributed by atoms with Crippen molar-refractivity contribution in [1.29, 1.82) is 0 Å². The van der Waals surface area contributed by atoms with Crippen LogP contribution in [0.2, 0.25) is 0 Å². The quantitative estimate of drug-likeness (QED) is 0.822. The lowest BCUT2D eigenvalue weighted by atomic mass is 9.96. The molecular formula is C15H20F4N2. The molecule has 1 aromatic carbocycles. The van der Waals surface area contributed by atoms with Gasteiger partial charge in [0.05, 0.1) is 5.56 Å². The van der Waals surface area contributed by atoms with E-state index in [1.807, 2.05) is 0 Å². The van der Waals surface area contributed by atoms with Crippen LogP contribution in [0.15, 0.2) is 18.2 Å². The molecule has 0 atom stereocenters. The molecule has 1 aliphatic heterocycles. The second-order valence-corrected chi connectivity index (χ2v) is 5.90. The van der Waals surface area contributed by atoms with Crippen molar-refractivity contribution >= 4 is 5.69 Å². The molecule has 1 fully saturated rings. The maximum atomic E-state index is 13.9. The van der Waals surface area contributed by atoms with Crippen molar-refractivity contribution in [1.82, 2.24) is 5.32 Å². The van der Waals surface area contributed by atoms with E-state index in [1.165, 1.54) is 26.0 Å². The Hall–Kier alpha value is -1.30. The molecule has 2 rings (SSSR count). The van der Waals surface area contributed by atoms with Gasteiger partial charge in [-0.3, -0.25) is 0 Å². The van der Waals surface area contributed by atoms with Crippen LogP contribution in [0.5, 0.6) is 0 Å². The summed E-state index contributed by atoms with van der Waals surface area (Å²) in [6.45, 7) is 4.08. The lowest BCUT2D eigenvalue weighted by Crippen LogP contribution is -2.35. The molecule has 2 nitrogen and oxygen atoms in total. The number of benzene rings is 1. The second-order valence-electron chi connectivity index (χ2n) is 5.90. The maximum Gasteiger partial charge on any atom is 0.418 e. The SMILES string of the molecule is CC(C)(F)c1ccc(NC2CCNCC2)c(C(F)(F)F)c1. The smallest absolute Gasteiger partial charge is 0.382 e. The van der Waals surface area contributed by atoms with Crippen molar-refractivity contribution in [3.8, 4) is 0 Å². The third-order valence-electron chi connectivity index (χ3n) is 3.71. The molecule has 0 aliphatic carbocycles. The van der Waals surface area contributed by atoms with E-state index in [9.17, 15) is 17.6 Å². The first-order valence-electron chi connectivity index (χ1n) is 7.06. The normalized spacial score (nSPS) is 17.8. The molecule has 0 radical (unpaired) electrons. The van der Waals surface area contributed by atoms with Gasteiger partial charge < -0.3 is 10.6 Å². The molecule has 1 aromatic rings. The fourth-order valence-corrected chi connectivity index (χ4v) is 2.46. The van der Waals surface area contributed by atoms with Crippen LogP contribution in [-0.2, 0) is 11.8 Å². The molecule has 0 spiro atoms. The minimum atomic E-state index is -4.50. The Bertz CT molecular complexity index is 485. The van der Waals surface area contributed by atoms with Gasteiger partial charge in [-0.2, -0.15) is 13.2 Å². The molecule has 2 N–H and O–H groups in total. The lowest BCUT2D eigenvalue weighted by Gasteiger charge is -2.27. The number of halogens is 4. The summed E-state index contributed by atoms with van der Waals surface area (Å²) >= 11 is 0. The zero-order valence-electron chi connectivity index (χ0n) is 12.1. The Morgan fingerprint density at radius 2 is 1.71 bits per heavy atom. The average molecular weight is 304 g/mol. The van der Waals surface area contributed by atoms with E-state index < -0.39 is 17.4 Å². The fraction of sp³-hybridized carbons (Fsp3) is 0.600. The van der Waals surface area contributed by atoms with E-state index in [-0.39, 0.29) is 17.3 Å². The minimum absolute atomic E-state index is 0.0107. The van der Waals surface area contributed by atoms with Crippen molar-refractivity contribution in [2.75, 3.05) is 18.4 Å². The van der Waals surface area contributed by atoms with E-state index in [0.29, 0.717) is 0 Å². The molecule has 0 unspecified atom stereocenters. The minimum Gasteiger partial charge on any atom is -0.382 e. The molecule has 1 saturated heterocycles. The summed E-state index contributed by atoms with van der Waals surface area (Å²) in [4.78, 5) is 0. The molecule has 1 heterocycles. The molecule has 0 saturated carbocycles. The number of piperidine rings is 1. The van der Waals surface area contributed by atoms with Crippen LogP contribution in [0, 0.1) is 0 Å². The van der Waals surface area contributed by atoms with Gasteiger partial charge >= 0.3 is 6.18 Å². The zero-order valence-corrected chi connectivity index (χ0v) is 12.1. The van der Waals surface area contributed by atoms with E-state index in [2.05, 4.69) is 10.6 Å². The highest BCUT2D eigenvalue weighted by atomic mass is 19.4. The Labute approximate surface area is 121 Å². The van der Waals surface area contributed by atoms with Gasteiger partial charge in [0.1, 0.15) is 5.67 Å². The van der Waals surface area contributed by atoms with Crippen molar-refractivity contribution in [2.24, 2.45) is 0 Å². The van der Waals surface area contributed by atoms with Crippen LogP contribution >= 0.6 is 0 Å². The third-order valence-corrected chi connectivity index (χ3v) is 3.71. The summed E-state index contributed by atoms with van der Waals surface area (Å²) in [5.74, 6) is 0. The predicted octanol–water partition coefficient (Wildman–Crippen LogP) is 4.07. The molecular weight excluding hydrogens is 284 g/mol. The number of rotatable bonds is 3. The highest BCUT2D eigenvalue weighted by Crippen LogP contribution is 2.38. The summed E-state index contributed by atoms with van der Waals surface area (Å²) < 4.78 is 53.5. The first kappa shape index (κ1) is 16.1. The van der Waals surface area contributed by atoms with Gasteiger partial charge in [-0.05, 0) is 57.5 Å². The van der Waals surface area contributed by atoms with Crippen LogP contribution in [0.1, 0.15) is 37.8 Å². The van der Waals surface area contributed by atoms with Crippen LogP contribution in [0.25, 0.3) is 0 Å². The summed E-state index contributed by atoms with van der Waals surface area (Å²) in [7, 11) is 0. The van der Waals surface area contributed by atoms with Crippen molar-refractivity contribution in [2.45, 2.75) is 44.6 Å². The van der Waals surface area contributed by atoms with Gasteiger partial charge in [-0.15, -0.1) is 0 Å². The standard InChI is InChI=1S/C15H20F4N2/c1-14(2,16)10-3-4-13(12(9-10)15(17,18)19)21-11-5-7-20-8-6-11/h3-4,9,11,20-21H,5-8H2,1-2H3. The zero-order chi connectivity index (χ0) is 15.7. The van der Waals surface area contributed by atoms with Gasteiger partial charge in [-0.25, -0.2) is 4.39 Å². The molecule has 118 valence electrons. The van der Waals surface area contributed by atoms with Crippen LogP contribution in [0.3, 0.4) is 0 Å². The summed E-state index contributed by atoms with van der Waals surface area (Å²) in [6, 6.07) is 3.67. The molecule has 0 aromatic heterocycles. The average Bonchev–Trinajstić information content (AvgIpc) is 2.38. The van der Waals surface area contributed by atoms with E-state index in [4.69, 9.17) is 0 Å². The predicted molar refractivity (Wildman–Crippen MR) is 75.1 cm³/mol. The first-order valence-corrected chi connectivity index (χ1v) is 7.06. The van der Waals surface area contributed by atoms with Crippen LogP contribution in [0.4, 0.5) is 23.2 Å². The van der Waals surface area contributed by atoms with Gasteiger partial charge in [-0.1, -0.05) is 6.07 Å². The van der Waals surface area contributed by atoms with Crippen molar-refractivity contribution < 1.29 is 17.6 Å². The highest BCUT2D eigenvalue weighted by Gasteiger charge is 2.35. The molecule has 0 bridgehead atoms. The first-order chi connectivity index (χ1) is 9.68. The molecule has 0 amide bonds. The van der Waals surface area contributed by atoms with Crippen LogP contribution < -0.4 is 10.6 Å². The van der Waals surface area contributed by atoms with Gasteiger partial charge in [0.25, 0.3) is 0 Å². The van der Waals surface area contributed by atoms with E-state index >= 15 is 0 Å². The Morgan fingerprint density at radius 1 is 1.10 bits per heavy atom. The number of hydrogen-bond donors (Lipinski definition) is 2. The number of anilines is 1. The van der Waals surface area contributed by atoms with Crippen molar-refractivity contribution in [3.63, 3.8) is 0 Å². The second kappa shape index (κ2) is 5.83. The third kappa shape index (κ3) is 4.09. The van der Waals surface area contributed by atoms with Gasteiger partial charge in [0.2, 0.25) is 0 Å². The number of hydrogen-bond acceptors (Lipinski definition) is 2. The van der Waals surface area contributed by atoms with E-state index in [0.717, 1.165) is 32.0 Å². The Balaban J connectivity index is 2.31. The largest absolute Gasteiger partial charge is 0.418 e. The Kier molecular flexibility index (Phi) is 4.46. The van der Waals surface area contributed by atoms with E-state index in [1.54, 1.807) is 0 Å². The highest BCUT2D eigenvalue weighted by molar-refractivity contribution is 5.55. The molecule has 21 heavy (non-hydrogen) atoms. The monoisotopic (exact) mass is 304 g/mol. The summed E-state index contributed by atoms with van der Waals surface area (Å²) in [5.41, 5.74) is -2.54.